The van der Waals surface area contributed by atoms with Crippen LogP contribution in [0.1, 0.15) is 16.7 Å². The fraction of sp³-hybridized carbons (Fsp3) is 0.433. The van der Waals surface area contributed by atoms with Gasteiger partial charge < -0.3 is 48.4 Å². The van der Waals surface area contributed by atoms with Gasteiger partial charge in [0.25, 0.3) is 5.91 Å². The zero-order chi connectivity index (χ0) is 38.5. The number of ether oxygens (including phenoxy) is 3. The number of esters is 1. The third-order valence-electron chi connectivity index (χ3n) is 8.32. The number of likely N-dealkylation sites (N-methyl/N-ethyl adjacent to an activating group) is 1. The summed E-state index contributed by atoms with van der Waals surface area (Å²) in [4.78, 5) is 114. The van der Waals surface area contributed by atoms with Crippen LogP contribution in [0.25, 0.3) is 0 Å². The van der Waals surface area contributed by atoms with Crippen LogP contribution in [0.4, 0.5) is 21.0 Å². The molecule has 0 saturated carbocycles. The summed E-state index contributed by atoms with van der Waals surface area (Å²) >= 11 is 0.946. The summed E-state index contributed by atoms with van der Waals surface area (Å²) in [7, 11) is 1.26. The van der Waals surface area contributed by atoms with Gasteiger partial charge in [-0.2, -0.15) is 0 Å². The first kappa shape index (κ1) is 46.6. The van der Waals surface area contributed by atoms with E-state index in [4.69, 9.17) is 19.9 Å². The number of fused-ring (bicyclic) bond motifs is 1. The van der Waals surface area contributed by atoms with E-state index in [1.54, 1.807) is 13.0 Å². The molecule has 3 aliphatic rings. The van der Waals surface area contributed by atoms with Crippen LogP contribution in [-0.4, -0.2) is 138 Å². The van der Waals surface area contributed by atoms with Crippen molar-refractivity contribution in [3.8, 4) is 0 Å². The van der Waals surface area contributed by atoms with E-state index in [2.05, 4.69) is 16.0 Å². The molecular weight excluding hydrogens is 760 g/mol. The minimum absolute atomic E-state index is 0. The molecule has 3 aliphatic heterocycles. The third-order valence-corrected chi connectivity index (χ3v) is 9.73. The number of urea groups is 1. The molecule has 2 saturated heterocycles. The molecule has 6 N–H and O–H groups in total. The van der Waals surface area contributed by atoms with Gasteiger partial charge in [-0.25, -0.2) is 28.6 Å². The van der Waals surface area contributed by atoms with E-state index in [1.165, 1.54) is 25.3 Å². The first-order valence-corrected chi connectivity index (χ1v) is 16.4. The predicted octanol–water partition coefficient (Wildman–Crippen LogP) is -8.77. The SMILES string of the molecule is CC[N+]1(c2ccccc2NC(=O)OCC(N)C(=O)[O-])CCN(C(=O)NCC(=O)N[C@@H]2S[C@H]3[C@H](OC)C(=O)N3C(C(=O)O)=C2COC(C)=O)C(=O)C1=O.[H-].[H-].[Na+].[Na+]. The summed E-state index contributed by atoms with van der Waals surface area (Å²) in [6.07, 6.45) is -2.10. The van der Waals surface area contributed by atoms with Gasteiger partial charge in [0, 0.05) is 25.7 Å². The van der Waals surface area contributed by atoms with Gasteiger partial charge in [0.1, 0.15) is 41.9 Å². The number of amides is 7. The summed E-state index contributed by atoms with van der Waals surface area (Å²) in [6, 6.07) is 3.31. The minimum Gasteiger partial charge on any atom is -1.00 e. The first-order chi connectivity index (χ1) is 24.6. The van der Waals surface area contributed by atoms with E-state index in [-0.39, 0.29) is 98.5 Å². The monoisotopic (exact) mass is 797 g/mol. The normalized spacial score (nSPS) is 22.3. The van der Waals surface area contributed by atoms with Gasteiger partial charge in [-0.15, -0.1) is 11.8 Å². The maximum atomic E-state index is 13.7. The Balaban J connectivity index is 0.00000756. The van der Waals surface area contributed by atoms with Gasteiger partial charge in [0.15, 0.2) is 11.8 Å². The van der Waals surface area contributed by atoms with Crippen molar-refractivity contribution in [2.24, 2.45) is 5.73 Å². The number of carboxylic acids is 2. The molecule has 21 nitrogen and oxygen atoms in total. The van der Waals surface area contributed by atoms with Crippen LogP contribution < -0.4 is 90.4 Å². The number of nitrogens with zero attached hydrogens (tertiary/aromatic N) is 3. The molecule has 4 rings (SSSR count). The number of carbonyl (C=O) groups is 9. The minimum atomic E-state index is -1.64. The van der Waals surface area contributed by atoms with Gasteiger partial charge in [-0.1, -0.05) is 12.1 Å². The van der Waals surface area contributed by atoms with Crippen molar-refractivity contribution in [1.29, 1.82) is 0 Å². The van der Waals surface area contributed by atoms with Crippen LogP contribution >= 0.6 is 11.8 Å². The van der Waals surface area contributed by atoms with Crippen LogP contribution in [0.15, 0.2) is 35.5 Å². The van der Waals surface area contributed by atoms with Crippen molar-refractivity contribution >= 4 is 76.8 Å². The quantitative estimate of drug-likeness (QED) is 0.0407. The number of thioether (sulfide) groups is 1. The van der Waals surface area contributed by atoms with E-state index in [1.807, 2.05) is 0 Å². The molecule has 7 amide bonds. The molecule has 2 fully saturated rings. The van der Waals surface area contributed by atoms with E-state index in [0.29, 0.717) is 4.90 Å². The van der Waals surface area contributed by atoms with Crippen molar-refractivity contribution in [3.05, 3.63) is 35.5 Å². The van der Waals surface area contributed by atoms with Crippen LogP contribution in [0.5, 0.6) is 0 Å². The number of piperazine rings is 1. The van der Waals surface area contributed by atoms with Crippen molar-refractivity contribution in [1.82, 2.24) is 24.9 Å². The van der Waals surface area contributed by atoms with Gasteiger partial charge in [-0.05, 0) is 13.0 Å². The van der Waals surface area contributed by atoms with Crippen molar-refractivity contribution < 1.29 is 130 Å². The number of β-lactam (4-membered cyclic amide) rings is 1. The number of methoxy groups -OCH3 is 1. The molecule has 2 unspecified atom stereocenters. The Bertz CT molecular complexity index is 1760. The largest absolute Gasteiger partial charge is 1.00 e. The van der Waals surface area contributed by atoms with Gasteiger partial charge in [0.2, 0.25) is 5.91 Å². The average molecular weight is 798 g/mol. The number of quaternary nitrogens is 1. The summed E-state index contributed by atoms with van der Waals surface area (Å²) in [5.41, 5.74) is 4.93. The molecule has 284 valence electrons. The molecule has 0 radical (unpaired) electrons. The number of carboxylic acid groups (broad SMARTS) is 2. The average Bonchev–Trinajstić information content (AvgIpc) is 3.10. The smallest absolute Gasteiger partial charge is 1.00 e. The molecule has 0 aliphatic carbocycles. The molecular formula is C30H37N7Na2O14S. The second-order valence-corrected chi connectivity index (χ2v) is 12.6. The Morgan fingerprint density at radius 2 is 1.80 bits per heavy atom. The second-order valence-electron chi connectivity index (χ2n) is 11.4. The fourth-order valence-corrected chi connectivity index (χ4v) is 7.18. The maximum Gasteiger partial charge on any atom is 1.00 e. The van der Waals surface area contributed by atoms with E-state index < -0.39 is 106 Å². The second kappa shape index (κ2) is 19.8. The first-order valence-electron chi connectivity index (χ1n) is 15.5. The number of para-hydroxylation sites is 2. The van der Waals surface area contributed by atoms with E-state index in [9.17, 15) is 53.4 Å². The predicted molar refractivity (Wildman–Crippen MR) is 176 cm³/mol. The number of nitrogens with one attached hydrogen (secondary N) is 3. The molecule has 24 heteroatoms. The molecule has 1 aromatic rings. The van der Waals surface area contributed by atoms with Gasteiger partial charge in [0.05, 0.1) is 31.6 Å². The van der Waals surface area contributed by atoms with Crippen LogP contribution in [0, 0.1) is 0 Å². The number of nitrogens with two attached hydrogens (primary N) is 1. The third kappa shape index (κ3) is 9.80. The number of aliphatic carboxylic acids is 2. The molecule has 0 bridgehead atoms. The summed E-state index contributed by atoms with van der Waals surface area (Å²) in [5.74, 6) is -7.66. The Hall–Kier alpha value is -3.58. The summed E-state index contributed by atoms with van der Waals surface area (Å²) < 4.78 is 14.3. The van der Waals surface area contributed by atoms with Gasteiger partial charge in [-0.3, -0.25) is 29.4 Å². The summed E-state index contributed by atoms with van der Waals surface area (Å²) in [5, 5.41) is 25.9. The molecule has 0 aromatic heterocycles. The van der Waals surface area contributed by atoms with Crippen molar-refractivity contribution in [2.75, 3.05) is 51.8 Å². The standard InChI is InChI=1S/C30H35N7O14S.2Na.2H/c1-4-37(18-8-6-5-7-17(18)33-30(48)51-13-16(31)27(43)44)10-9-35(24(41)26(37)42)29(47)32-11-19(39)34-22-15(12-50-14(2)38)20(28(45)46)36-23(40)21(49-3)25(36)52-22;;;;/h5-8,16,21-22,25H,4,9-13,31H2,1-3H3,(H4-,32,33,34,39,43,44,45,46,47,48);;;;/q;2*+1;2*-1/t16?,21-,22-,25+,37?;;;;/m1..../s1. The molecule has 54 heavy (non-hydrogen) atoms. The van der Waals surface area contributed by atoms with E-state index in [0.717, 1.165) is 23.6 Å². The number of anilines is 1. The molecule has 1 aromatic carbocycles. The Morgan fingerprint density at radius 1 is 1.13 bits per heavy atom. The number of hydrogen-bond acceptors (Lipinski definition) is 15. The van der Waals surface area contributed by atoms with Crippen LogP contribution in [-0.2, 0) is 47.8 Å². The van der Waals surface area contributed by atoms with Crippen LogP contribution in [0.3, 0.4) is 0 Å². The van der Waals surface area contributed by atoms with E-state index >= 15 is 0 Å². The fourth-order valence-electron chi connectivity index (χ4n) is 5.66. The number of benzene rings is 1. The summed E-state index contributed by atoms with van der Waals surface area (Å²) in [6.45, 7) is 0.259. The molecule has 0 spiro atoms. The topological polar surface area (TPSA) is 293 Å². The number of imide groups is 1. The van der Waals surface area contributed by atoms with Crippen LogP contribution in [0.2, 0.25) is 0 Å². The Labute approximate surface area is 358 Å². The van der Waals surface area contributed by atoms with Crippen molar-refractivity contribution in [2.45, 2.75) is 36.7 Å². The molecule has 3 heterocycles. The zero-order valence-electron chi connectivity index (χ0n) is 31.9. The molecule has 5 atom stereocenters. The number of carbonyl (C=O) groups excluding carboxylic acids is 8. The van der Waals surface area contributed by atoms with Crippen molar-refractivity contribution in [3.63, 3.8) is 0 Å². The maximum absolute atomic E-state index is 13.7. The number of rotatable bonds is 13. The Kier molecular flexibility index (Phi) is 17.1. The Morgan fingerprint density at radius 3 is 2.39 bits per heavy atom. The zero-order valence-corrected chi connectivity index (χ0v) is 34.8. The number of hydrogen-bond donors (Lipinski definition) is 5. The van der Waals surface area contributed by atoms with Gasteiger partial charge >= 0.3 is 95.0 Å².